The average molecular weight is 450 g/mol. The van der Waals surface area contributed by atoms with Crippen molar-refractivity contribution in [3.63, 3.8) is 0 Å². The molecular formula is C26H28ClN3O2. The number of halogens is 1. The first-order valence-corrected chi connectivity index (χ1v) is 11.2. The van der Waals surface area contributed by atoms with Crippen molar-refractivity contribution >= 4 is 45.6 Å². The third-order valence-corrected chi connectivity index (χ3v) is 6.14. The summed E-state index contributed by atoms with van der Waals surface area (Å²) in [4.78, 5) is 29.6. The molecule has 6 heteroatoms. The van der Waals surface area contributed by atoms with E-state index in [0.717, 1.165) is 48.3 Å². The van der Waals surface area contributed by atoms with Crippen molar-refractivity contribution in [2.75, 3.05) is 36.4 Å². The molecule has 3 aromatic rings. The summed E-state index contributed by atoms with van der Waals surface area (Å²) in [6, 6.07) is 19.0. The number of piperazine rings is 1. The van der Waals surface area contributed by atoms with Gasteiger partial charge in [0.1, 0.15) is 0 Å². The molecule has 1 aliphatic rings. The highest BCUT2D eigenvalue weighted by molar-refractivity contribution is 6.36. The normalized spacial score (nSPS) is 14.5. The van der Waals surface area contributed by atoms with Crippen molar-refractivity contribution in [2.45, 2.75) is 20.8 Å². The van der Waals surface area contributed by atoms with Crippen LogP contribution in [-0.2, 0) is 4.79 Å². The van der Waals surface area contributed by atoms with Gasteiger partial charge < -0.3 is 15.1 Å². The molecule has 0 atom stereocenters. The van der Waals surface area contributed by atoms with Crippen molar-refractivity contribution in [1.82, 2.24) is 4.90 Å². The predicted octanol–water partition coefficient (Wildman–Crippen LogP) is 5.44. The van der Waals surface area contributed by atoms with Gasteiger partial charge in [-0.05, 0) is 41.8 Å². The van der Waals surface area contributed by atoms with Gasteiger partial charge in [-0.3, -0.25) is 9.59 Å². The van der Waals surface area contributed by atoms with E-state index in [4.69, 9.17) is 11.6 Å². The molecule has 4 rings (SSSR count). The Morgan fingerprint density at radius 1 is 0.844 bits per heavy atom. The fraction of sp³-hybridized carbons (Fsp3) is 0.308. The Balaban J connectivity index is 1.41. The van der Waals surface area contributed by atoms with Crippen molar-refractivity contribution in [3.8, 4) is 0 Å². The summed E-state index contributed by atoms with van der Waals surface area (Å²) in [6.45, 7) is 8.91. The number of nitrogens with one attached hydrogen (secondary N) is 1. The van der Waals surface area contributed by atoms with E-state index in [9.17, 15) is 9.59 Å². The number of fused-ring (bicyclic) bond motifs is 1. The number of hydrogen-bond donors (Lipinski definition) is 1. The first-order chi connectivity index (χ1) is 15.2. The Morgan fingerprint density at radius 2 is 1.47 bits per heavy atom. The van der Waals surface area contributed by atoms with E-state index < -0.39 is 0 Å². The molecule has 0 aliphatic carbocycles. The molecule has 0 saturated carbocycles. The van der Waals surface area contributed by atoms with Gasteiger partial charge in [-0.1, -0.05) is 56.6 Å². The van der Waals surface area contributed by atoms with Crippen LogP contribution in [0.25, 0.3) is 10.8 Å². The van der Waals surface area contributed by atoms with Gasteiger partial charge >= 0.3 is 0 Å². The van der Waals surface area contributed by atoms with Crippen LogP contribution in [0.1, 0.15) is 31.1 Å². The molecule has 1 heterocycles. The summed E-state index contributed by atoms with van der Waals surface area (Å²) in [5.41, 5.74) is 2.06. The zero-order chi connectivity index (χ0) is 22.9. The summed E-state index contributed by atoms with van der Waals surface area (Å²) < 4.78 is 0. The third-order valence-electron chi connectivity index (χ3n) is 5.81. The number of nitrogens with zero attached hydrogens (tertiary/aromatic N) is 2. The number of benzene rings is 3. The smallest absolute Gasteiger partial charge is 0.256 e. The zero-order valence-electron chi connectivity index (χ0n) is 18.7. The number of carbonyl (C=O) groups excluding carboxylic acids is 2. The summed E-state index contributed by atoms with van der Waals surface area (Å²) in [7, 11) is 0. The van der Waals surface area contributed by atoms with E-state index >= 15 is 0 Å². The van der Waals surface area contributed by atoms with Gasteiger partial charge in [0.25, 0.3) is 5.91 Å². The molecule has 1 fully saturated rings. The Hall–Kier alpha value is -3.05. The lowest BCUT2D eigenvalue weighted by Crippen LogP contribution is -2.51. The number of anilines is 2. The lowest BCUT2D eigenvalue weighted by molar-refractivity contribution is -0.139. The van der Waals surface area contributed by atoms with Gasteiger partial charge in [0, 0.05) is 58.9 Å². The molecule has 0 unspecified atom stereocenters. The molecule has 1 saturated heterocycles. The first-order valence-electron chi connectivity index (χ1n) is 10.9. The summed E-state index contributed by atoms with van der Waals surface area (Å²) in [6.07, 6.45) is 0. The Morgan fingerprint density at radius 3 is 2.12 bits per heavy atom. The number of carbonyl (C=O) groups is 2. The predicted molar refractivity (Wildman–Crippen MR) is 132 cm³/mol. The highest BCUT2D eigenvalue weighted by atomic mass is 35.5. The molecule has 32 heavy (non-hydrogen) atoms. The SMILES string of the molecule is CC(C)(C)C(=O)N1CCN(c2ccc(NC(=O)c3cccc4c(Cl)cccc34)cc2)CC1. The van der Waals surface area contributed by atoms with E-state index in [1.807, 2.05) is 80.3 Å². The van der Waals surface area contributed by atoms with Gasteiger partial charge in [-0.25, -0.2) is 0 Å². The molecule has 2 amide bonds. The van der Waals surface area contributed by atoms with Gasteiger partial charge in [0.2, 0.25) is 5.91 Å². The van der Waals surface area contributed by atoms with Crippen molar-refractivity contribution in [2.24, 2.45) is 5.41 Å². The summed E-state index contributed by atoms with van der Waals surface area (Å²) in [5.74, 6) is 0.0323. The van der Waals surface area contributed by atoms with Crippen molar-refractivity contribution in [1.29, 1.82) is 0 Å². The minimum absolute atomic E-state index is 0.167. The molecule has 1 N–H and O–H groups in total. The molecule has 3 aromatic carbocycles. The van der Waals surface area contributed by atoms with E-state index in [1.54, 1.807) is 6.07 Å². The van der Waals surface area contributed by atoms with Gasteiger partial charge in [-0.15, -0.1) is 0 Å². The monoisotopic (exact) mass is 449 g/mol. The van der Waals surface area contributed by atoms with Crippen LogP contribution in [0.2, 0.25) is 5.02 Å². The van der Waals surface area contributed by atoms with E-state index in [2.05, 4.69) is 10.2 Å². The minimum atomic E-state index is -0.350. The van der Waals surface area contributed by atoms with Crippen LogP contribution >= 0.6 is 11.6 Å². The second-order valence-corrected chi connectivity index (χ2v) is 9.58. The Labute approximate surface area is 194 Å². The second kappa shape index (κ2) is 8.83. The number of hydrogen-bond acceptors (Lipinski definition) is 3. The van der Waals surface area contributed by atoms with Gasteiger partial charge in [0.15, 0.2) is 0 Å². The summed E-state index contributed by atoms with van der Waals surface area (Å²) >= 11 is 6.28. The number of rotatable bonds is 3. The van der Waals surface area contributed by atoms with Crippen LogP contribution in [0.3, 0.4) is 0 Å². The van der Waals surface area contributed by atoms with Crippen LogP contribution in [0, 0.1) is 5.41 Å². The van der Waals surface area contributed by atoms with Crippen molar-refractivity contribution in [3.05, 3.63) is 71.2 Å². The molecule has 1 aliphatic heterocycles. The highest BCUT2D eigenvalue weighted by Crippen LogP contribution is 2.27. The lowest BCUT2D eigenvalue weighted by Gasteiger charge is -2.38. The third kappa shape index (κ3) is 4.58. The van der Waals surface area contributed by atoms with Crippen molar-refractivity contribution < 1.29 is 9.59 Å². The Bertz CT molecular complexity index is 1140. The maximum atomic E-state index is 12.9. The molecule has 0 radical (unpaired) electrons. The Kier molecular flexibility index (Phi) is 6.11. The molecule has 0 aromatic heterocycles. The maximum Gasteiger partial charge on any atom is 0.256 e. The minimum Gasteiger partial charge on any atom is -0.368 e. The van der Waals surface area contributed by atoms with Crippen LogP contribution < -0.4 is 10.2 Å². The summed E-state index contributed by atoms with van der Waals surface area (Å²) in [5, 5.41) is 5.31. The quantitative estimate of drug-likeness (QED) is 0.579. The average Bonchev–Trinajstić information content (AvgIpc) is 2.78. The molecule has 0 bridgehead atoms. The standard InChI is InChI=1S/C26H28ClN3O2/c1-26(2,3)25(32)30-16-14-29(15-17-30)19-12-10-18(11-13-19)28-24(31)22-8-4-7-21-20(22)6-5-9-23(21)27/h4-13H,14-17H2,1-3H3,(H,28,31). The zero-order valence-corrected chi connectivity index (χ0v) is 19.4. The van der Waals surface area contributed by atoms with Crippen LogP contribution in [-0.4, -0.2) is 42.9 Å². The lowest BCUT2D eigenvalue weighted by atomic mass is 9.94. The van der Waals surface area contributed by atoms with E-state index in [-0.39, 0.29) is 17.2 Å². The molecule has 0 spiro atoms. The van der Waals surface area contributed by atoms with Crippen LogP contribution in [0.15, 0.2) is 60.7 Å². The van der Waals surface area contributed by atoms with Gasteiger partial charge in [0.05, 0.1) is 0 Å². The molecular weight excluding hydrogens is 422 g/mol. The molecule has 166 valence electrons. The topological polar surface area (TPSA) is 52.7 Å². The van der Waals surface area contributed by atoms with Gasteiger partial charge in [-0.2, -0.15) is 0 Å². The number of amides is 2. The van der Waals surface area contributed by atoms with Crippen LogP contribution in [0.4, 0.5) is 11.4 Å². The fourth-order valence-corrected chi connectivity index (χ4v) is 4.30. The van der Waals surface area contributed by atoms with Crippen LogP contribution in [0.5, 0.6) is 0 Å². The molecule has 5 nitrogen and oxygen atoms in total. The largest absolute Gasteiger partial charge is 0.368 e. The maximum absolute atomic E-state index is 12.9. The fourth-order valence-electron chi connectivity index (χ4n) is 4.07. The van der Waals surface area contributed by atoms with E-state index in [0.29, 0.717) is 10.6 Å². The highest BCUT2D eigenvalue weighted by Gasteiger charge is 2.29. The van der Waals surface area contributed by atoms with E-state index in [1.165, 1.54) is 0 Å². The second-order valence-electron chi connectivity index (χ2n) is 9.17. The first kappa shape index (κ1) is 22.2.